The molecule has 72 valence electrons. The Balaban J connectivity index is 2.56. The van der Waals surface area contributed by atoms with Crippen LogP contribution in [0.3, 0.4) is 0 Å². The third-order valence-electron chi connectivity index (χ3n) is 1.82. The average Bonchev–Trinajstić information content (AvgIpc) is 2.09. The first-order valence-corrected chi connectivity index (χ1v) is 4.63. The number of hydrogen-bond donors (Lipinski definition) is 2. The van der Waals surface area contributed by atoms with Crippen molar-refractivity contribution < 1.29 is 0 Å². The second kappa shape index (κ2) is 5.17. The Morgan fingerprint density at radius 2 is 2.38 bits per heavy atom. The Hall–Kier alpha value is -0.640. The Kier molecular flexibility index (Phi) is 4.15. The van der Waals surface area contributed by atoms with Crippen LogP contribution in [0, 0.1) is 6.92 Å². The van der Waals surface area contributed by atoms with E-state index >= 15 is 0 Å². The Bertz CT molecular complexity index is 276. The van der Waals surface area contributed by atoms with Crippen molar-refractivity contribution >= 4 is 11.6 Å². The van der Waals surface area contributed by atoms with Crippen molar-refractivity contribution in [3.63, 3.8) is 0 Å². The van der Waals surface area contributed by atoms with E-state index in [1.165, 1.54) is 0 Å². The minimum absolute atomic E-state index is 0.542. The van der Waals surface area contributed by atoms with Crippen LogP contribution in [0.1, 0.15) is 11.1 Å². The van der Waals surface area contributed by atoms with Gasteiger partial charge in [0.25, 0.3) is 0 Å². The summed E-state index contributed by atoms with van der Waals surface area (Å²) < 4.78 is 0. The van der Waals surface area contributed by atoms with Crippen LogP contribution < -0.4 is 11.1 Å². The van der Waals surface area contributed by atoms with Gasteiger partial charge in [0, 0.05) is 25.8 Å². The summed E-state index contributed by atoms with van der Waals surface area (Å²) in [6.07, 6.45) is 1.79. The molecule has 0 radical (unpaired) electrons. The summed E-state index contributed by atoms with van der Waals surface area (Å²) in [5.74, 6) is 0. The van der Waals surface area contributed by atoms with Gasteiger partial charge in [-0.15, -0.1) is 0 Å². The lowest BCUT2D eigenvalue weighted by molar-refractivity contribution is 0.690. The fourth-order valence-electron chi connectivity index (χ4n) is 1.06. The fraction of sp³-hybridized carbons (Fsp3) is 0.444. The van der Waals surface area contributed by atoms with Gasteiger partial charge in [0.05, 0.1) is 0 Å². The van der Waals surface area contributed by atoms with E-state index in [1.54, 1.807) is 6.20 Å². The molecule has 0 aromatic carbocycles. The average molecular weight is 200 g/mol. The van der Waals surface area contributed by atoms with Gasteiger partial charge >= 0.3 is 0 Å². The zero-order valence-electron chi connectivity index (χ0n) is 7.68. The van der Waals surface area contributed by atoms with Crippen LogP contribution in [0.5, 0.6) is 0 Å². The molecule has 0 spiro atoms. The SMILES string of the molecule is Cc1cc(Cl)ncc1CNCCN. The number of nitrogens with zero attached hydrogens (tertiary/aromatic N) is 1. The van der Waals surface area contributed by atoms with Crippen molar-refractivity contribution in [3.8, 4) is 0 Å². The van der Waals surface area contributed by atoms with Gasteiger partial charge in [0.15, 0.2) is 0 Å². The Morgan fingerprint density at radius 3 is 3.00 bits per heavy atom. The number of hydrogen-bond acceptors (Lipinski definition) is 3. The van der Waals surface area contributed by atoms with E-state index in [2.05, 4.69) is 10.3 Å². The number of aryl methyl sites for hydroxylation is 1. The van der Waals surface area contributed by atoms with Crippen LogP contribution in [0.4, 0.5) is 0 Å². The molecular weight excluding hydrogens is 186 g/mol. The number of pyridine rings is 1. The van der Waals surface area contributed by atoms with Crippen LogP contribution in [0.15, 0.2) is 12.3 Å². The monoisotopic (exact) mass is 199 g/mol. The molecule has 1 heterocycles. The summed E-state index contributed by atoms with van der Waals surface area (Å²) >= 11 is 5.73. The summed E-state index contributed by atoms with van der Waals surface area (Å²) in [6, 6.07) is 1.86. The molecule has 0 atom stereocenters. The van der Waals surface area contributed by atoms with Gasteiger partial charge in [-0.3, -0.25) is 0 Å². The quantitative estimate of drug-likeness (QED) is 0.564. The molecule has 1 rings (SSSR count). The molecule has 4 heteroatoms. The zero-order chi connectivity index (χ0) is 9.68. The second-order valence-electron chi connectivity index (χ2n) is 2.90. The molecule has 1 aromatic heterocycles. The van der Waals surface area contributed by atoms with Crippen molar-refractivity contribution in [2.24, 2.45) is 5.73 Å². The third-order valence-corrected chi connectivity index (χ3v) is 2.03. The summed E-state index contributed by atoms with van der Waals surface area (Å²) in [6.45, 7) is 4.29. The standard InChI is InChI=1S/C9H14ClN3/c1-7-4-9(10)13-6-8(7)5-12-3-2-11/h4,6,12H,2-3,5,11H2,1H3. The first-order chi connectivity index (χ1) is 6.24. The maximum absolute atomic E-state index is 5.73. The normalized spacial score (nSPS) is 10.4. The Morgan fingerprint density at radius 1 is 1.62 bits per heavy atom. The molecule has 0 saturated heterocycles. The molecule has 0 bridgehead atoms. The summed E-state index contributed by atoms with van der Waals surface area (Å²) in [7, 11) is 0. The summed E-state index contributed by atoms with van der Waals surface area (Å²) in [5.41, 5.74) is 7.68. The van der Waals surface area contributed by atoms with Crippen LogP contribution in [0.25, 0.3) is 0 Å². The van der Waals surface area contributed by atoms with Gasteiger partial charge < -0.3 is 11.1 Å². The maximum atomic E-state index is 5.73. The van der Waals surface area contributed by atoms with Crippen LogP contribution in [-0.4, -0.2) is 18.1 Å². The van der Waals surface area contributed by atoms with Crippen molar-refractivity contribution in [1.82, 2.24) is 10.3 Å². The molecule has 0 amide bonds. The molecular formula is C9H14ClN3. The minimum Gasteiger partial charge on any atom is -0.329 e. The summed E-state index contributed by atoms with van der Waals surface area (Å²) in [4.78, 5) is 4.01. The predicted octanol–water partition coefficient (Wildman–Crippen LogP) is 1.09. The topological polar surface area (TPSA) is 50.9 Å². The fourth-order valence-corrected chi connectivity index (χ4v) is 1.27. The molecule has 0 aliphatic rings. The van der Waals surface area contributed by atoms with Crippen molar-refractivity contribution in [3.05, 3.63) is 28.5 Å². The second-order valence-corrected chi connectivity index (χ2v) is 3.29. The highest BCUT2D eigenvalue weighted by molar-refractivity contribution is 6.29. The Labute approximate surface area is 83.3 Å². The van der Waals surface area contributed by atoms with E-state index in [0.29, 0.717) is 11.7 Å². The van der Waals surface area contributed by atoms with Crippen molar-refractivity contribution in [1.29, 1.82) is 0 Å². The molecule has 3 nitrogen and oxygen atoms in total. The van der Waals surface area contributed by atoms with E-state index in [4.69, 9.17) is 17.3 Å². The highest BCUT2D eigenvalue weighted by Gasteiger charge is 1.98. The lowest BCUT2D eigenvalue weighted by Crippen LogP contribution is -2.22. The molecule has 0 saturated carbocycles. The van der Waals surface area contributed by atoms with E-state index in [1.807, 2.05) is 13.0 Å². The van der Waals surface area contributed by atoms with Gasteiger partial charge in [0.2, 0.25) is 0 Å². The third kappa shape index (κ3) is 3.30. The predicted molar refractivity (Wildman–Crippen MR) is 54.7 cm³/mol. The van der Waals surface area contributed by atoms with Gasteiger partial charge in [-0.2, -0.15) is 0 Å². The highest BCUT2D eigenvalue weighted by atomic mass is 35.5. The zero-order valence-corrected chi connectivity index (χ0v) is 8.43. The van der Waals surface area contributed by atoms with Gasteiger partial charge in [-0.1, -0.05) is 11.6 Å². The molecule has 0 unspecified atom stereocenters. The molecule has 0 aliphatic heterocycles. The van der Waals surface area contributed by atoms with E-state index < -0.39 is 0 Å². The van der Waals surface area contributed by atoms with Gasteiger partial charge in [-0.25, -0.2) is 4.98 Å². The first kappa shape index (κ1) is 10.4. The maximum Gasteiger partial charge on any atom is 0.129 e. The number of halogens is 1. The highest BCUT2D eigenvalue weighted by Crippen LogP contribution is 2.11. The number of rotatable bonds is 4. The van der Waals surface area contributed by atoms with Crippen molar-refractivity contribution in [2.45, 2.75) is 13.5 Å². The first-order valence-electron chi connectivity index (χ1n) is 4.26. The van der Waals surface area contributed by atoms with Crippen molar-refractivity contribution in [2.75, 3.05) is 13.1 Å². The van der Waals surface area contributed by atoms with Gasteiger partial charge in [-0.05, 0) is 24.1 Å². The number of aromatic nitrogens is 1. The summed E-state index contributed by atoms with van der Waals surface area (Å²) in [5, 5.41) is 3.75. The van der Waals surface area contributed by atoms with E-state index in [9.17, 15) is 0 Å². The number of nitrogens with two attached hydrogens (primary N) is 1. The van der Waals surface area contributed by atoms with E-state index in [0.717, 1.165) is 24.2 Å². The van der Waals surface area contributed by atoms with Crippen LogP contribution >= 0.6 is 11.6 Å². The lowest BCUT2D eigenvalue weighted by atomic mass is 10.1. The molecule has 0 aliphatic carbocycles. The molecule has 1 aromatic rings. The molecule has 13 heavy (non-hydrogen) atoms. The number of nitrogens with one attached hydrogen (secondary N) is 1. The largest absolute Gasteiger partial charge is 0.329 e. The van der Waals surface area contributed by atoms with E-state index in [-0.39, 0.29) is 0 Å². The van der Waals surface area contributed by atoms with Crippen LogP contribution in [0.2, 0.25) is 5.15 Å². The lowest BCUT2D eigenvalue weighted by Gasteiger charge is -2.06. The smallest absolute Gasteiger partial charge is 0.129 e. The molecule has 0 fully saturated rings. The van der Waals surface area contributed by atoms with Gasteiger partial charge in [0.1, 0.15) is 5.15 Å². The minimum atomic E-state index is 0.542. The van der Waals surface area contributed by atoms with Crippen LogP contribution in [-0.2, 0) is 6.54 Å². The molecule has 3 N–H and O–H groups in total.